The molecule has 0 saturated carbocycles. The zero-order valence-corrected chi connectivity index (χ0v) is 13.7. The van der Waals surface area contributed by atoms with E-state index in [2.05, 4.69) is 11.8 Å². The SMILES string of the molecule is CCCCN1C(=S)N(c2ccccc2)C2CS(=O)(=O)CC21. The van der Waals surface area contributed by atoms with E-state index in [9.17, 15) is 8.42 Å². The van der Waals surface area contributed by atoms with Crippen LogP contribution in [0.15, 0.2) is 30.3 Å². The molecule has 0 spiro atoms. The maximum atomic E-state index is 12.1. The normalized spacial score (nSPS) is 27.2. The number of rotatable bonds is 4. The predicted octanol–water partition coefficient (Wildman–Crippen LogP) is 2.06. The number of thiocarbonyl (C=S) groups is 1. The van der Waals surface area contributed by atoms with Gasteiger partial charge in [-0.3, -0.25) is 0 Å². The maximum Gasteiger partial charge on any atom is 0.176 e. The molecule has 0 aliphatic carbocycles. The van der Waals surface area contributed by atoms with Gasteiger partial charge in [0, 0.05) is 12.2 Å². The smallest absolute Gasteiger partial charge is 0.176 e. The molecule has 21 heavy (non-hydrogen) atoms. The fourth-order valence-electron chi connectivity index (χ4n) is 3.26. The summed E-state index contributed by atoms with van der Waals surface area (Å²) < 4.78 is 24.1. The van der Waals surface area contributed by atoms with Gasteiger partial charge in [0.25, 0.3) is 0 Å². The molecule has 1 aromatic rings. The lowest BCUT2D eigenvalue weighted by Crippen LogP contribution is -2.38. The Balaban J connectivity index is 1.95. The Labute approximate surface area is 131 Å². The molecule has 0 amide bonds. The summed E-state index contributed by atoms with van der Waals surface area (Å²) in [7, 11) is -2.97. The zero-order valence-electron chi connectivity index (χ0n) is 12.1. The highest BCUT2D eigenvalue weighted by Crippen LogP contribution is 2.35. The van der Waals surface area contributed by atoms with Crippen molar-refractivity contribution in [1.82, 2.24) is 4.90 Å². The van der Waals surface area contributed by atoms with Crippen LogP contribution in [-0.4, -0.2) is 48.6 Å². The molecule has 2 heterocycles. The van der Waals surface area contributed by atoms with Crippen LogP contribution in [0.4, 0.5) is 5.69 Å². The highest BCUT2D eigenvalue weighted by atomic mass is 32.2. The highest BCUT2D eigenvalue weighted by Gasteiger charge is 2.51. The van der Waals surface area contributed by atoms with Gasteiger partial charge in [-0.15, -0.1) is 0 Å². The maximum absolute atomic E-state index is 12.1. The molecule has 2 aliphatic rings. The lowest BCUT2D eigenvalue weighted by atomic mass is 10.1. The standard InChI is InChI=1S/C15H20N2O2S2/c1-2-3-9-16-13-10-21(18,19)11-14(13)17(15(16)20)12-7-5-4-6-8-12/h4-8,13-14H,2-3,9-11H2,1H3. The van der Waals surface area contributed by atoms with Crippen molar-refractivity contribution in [1.29, 1.82) is 0 Å². The summed E-state index contributed by atoms with van der Waals surface area (Å²) in [4.78, 5) is 4.17. The number of para-hydroxylation sites is 1. The topological polar surface area (TPSA) is 40.6 Å². The van der Waals surface area contributed by atoms with Gasteiger partial charge in [-0.1, -0.05) is 31.5 Å². The van der Waals surface area contributed by atoms with E-state index in [-0.39, 0.29) is 23.6 Å². The van der Waals surface area contributed by atoms with Crippen LogP contribution in [-0.2, 0) is 9.84 Å². The van der Waals surface area contributed by atoms with Crippen molar-refractivity contribution >= 4 is 32.9 Å². The molecule has 2 saturated heterocycles. The third kappa shape index (κ3) is 2.66. The molecule has 2 unspecified atom stereocenters. The molecule has 2 aliphatic heterocycles. The number of fused-ring (bicyclic) bond motifs is 1. The highest BCUT2D eigenvalue weighted by molar-refractivity contribution is 7.91. The van der Waals surface area contributed by atoms with E-state index in [0.29, 0.717) is 0 Å². The van der Waals surface area contributed by atoms with Gasteiger partial charge >= 0.3 is 0 Å². The van der Waals surface area contributed by atoms with Gasteiger partial charge < -0.3 is 9.80 Å². The van der Waals surface area contributed by atoms with Crippen LogP contribution in [0.3, 0.4) is 0 Å². The first-order chi connectivity index (χ1) is 10.0. The molecule has 114 valence electrons. The second-order valence-electron chi connectivity index (χ2n) is 5.75. The minimum atomic E-state index is -2.97. The summed E-state index contributed by atoms with van der Waals surface area (Å²) in [5.74, 6) is 0.431. The molecule has 4 nitrogen and oxygen atoms in total. The van der Waals surface area contributed by atoms with Crippen LogP contribution in [0.2, 0.25) is 0 Å². The Bertz CT molecular complexity index is 630. The second-order valence-corrected chi connectivity index (χ2v) is 8.27. The third-order valence-electron chi connectivity index (χ3n) is 4.26. The summed E-state index contributed by atoms with van der Waals surface area (Å²) >= 11 is 5.64. The molecule has 6 heteroatoms. The van der Waals surface area contributed by atoms with Gasteiger partial charge in [0.1, 0.15) is 0 Å². The molecule has 2 atom stereocenters. The largest absolute Gasteiger partial charge is 0.343 e. The molecule has 0 radical (unpaired) electrons. The number of hydrogen-bond donors (Lipinski definition) is 0. The fourth-order valence-corrected chi connectivity index (χ4v) is 5.67. The van der Waals surface area contributed by atoms with Crippen molar-refractivity contribution in [3.63, 3.8) is 0 Å². The van der Waals surface area contributed by atoms with Gasteiger partial charge in [0.2, 0.25) is 0 Å². The first-order valence-corrected chi connectivity index (χ1v) is 9.62. The first-order valence-electron chi connectivity index (χ1n) is 7.39. The van der Waals surface area contributed by atoms with Crippen molar-refractivity contribution in [2.24, 2.45) is 0 Å². The second kappa shape index (κ2) is 5.57. The van der Waals surface area contributed by atoms with Crippen LogP contribution in [0.25, 0.3) is 0 Å². The van der Waals surface area contributed by atoms with Gasteiger partial charge in [0.15, 0.2) is 14.9 Å². The molecular weight excluding hydrogens is 304 g/mol. The minimum Gasteiger partial charge on any atom is -0.343 e. The summed E-state index contributed by atoms with van der Waals surface area (Å²) in [6, 6.07) is 9.85. The van der Waals surface area contributed by atoms with Gasteiger partial charge in [-0.2, -0.15) is 0 Å². The third-order valence-corrected chi connectivity index (χ3v) is 6.39. The molecule has 3 rings (SSSR count). The van der Waals surface area contributed by atoms with Crippen LogP contribution in [0, 0.1) is 0 Å². The minimum absolute atomic E-state index is 0.00857. The van der Waals surface area contributed by atoms with E-state index < -0.39 is 9.84 Å². The first kappa shape index (κ1) is 14.8. The van der Waals surface area contributed by atoms with E-state index in [1.807, 2.05) is 35.2 Å². The Morgan fingerprint density at radius 2 is 1.86 bits per heavy atom. The Kier molecular flexibility index (Phi) is 3.92. The van der Waals surface area contributed by atoms with Crippen LogP contribution < -0.4 is 4.90 Å². The number of nitrogens with zero attached hydrogens (tertiary/aromatic N) is 2. The number of unbranched alkanes of at least 4 members (excludes halogenated alkanes) is 1. The number of hydrogen-bond acceptors (Lipinski definition) is 3. The lowest BCUT2D eigenvalue weighted by molar-refractivity contribution is 0.351. The fraction of sp³-hybridized carbons (Fsp3) is 0.533. The van der Waals surface area contributed by atoms with Crippen molar-refractivity contribution < 1.29 is 8.42 Å². The molecule has 1 aromatic carbocycles. The van der Waals surface area contributed by atoms with Gasteiger partial charge in [-0.05, 0) is 30.8 Å². The number of anilines is 1. The van der Waals surface area contributed by atoms with Gasteiger partial charge in [0.05, 0.1) is 23.6 Å². The van der Waals surface area contributed by atoms with Gasteiger partial charge in [-0.25, -0.2) is 8.42 Å². The molecule has 2 fully saturated rings. The van der Waals surface area contributed by atoms with E-state index in [1.165, 1.54) is 0 Å². The Morgan fingerprint density at radius 3 is 2.52 bits per heavy atom. The number of sulfone groups is 1. The van der Waals surface area contributed by atoms with E-state index >= 15 is 0 Å². The molecule has 0 N–H and O–H groups in total. The van der Waals surface area contributed by atoms with Crippen molar-refractivity contribution in [3.05, 3.63) is 30.3 Å². The Morgan fingerprint density at radius 1 is 1.19 bits per heavy atom. The molecule has 0 bridgehead atoms. The zero-order chi connectivity index (χ0) is 15.0. The van der Waals surface area contributed by atoms with E-state index in [4.69, 9.17) is 12.2 Å². The molecule has 0 aromatic heterocycles. The Hall–Kier alpha value is -1.14. The number of benzene rings is 1. The van der Waals surface area contributed by atoms with Crippen molar-refractivity contribution in [3.8, 4) is 0 Å². The average molecular weight is 324 g/mol. The quantitative estimate of drug-likeness (QED) is 0.793. The van der Waals surface area contributed by atoms with Crippen molar-refractivity contribution in [2.75, 3.05) is 23.0 Å². The summed E-state index contributed by atoms with van der Waals surface area (Å²) in [5, 5.41) is 0.777. The van der Waals surface area contributed by atoms with Crippen LogP contribution in [0.5, 0.6) is 0 Å². The van der Waals surface area contributed by atoms with E-state index in [0.717, 1.165) is 30.2 Å². The summed E-state index contributed by atoms with van der Waals surface area (Å²) in [6.45, 7) is 2.98. The van der Waals surface area contributed by atoms with Crippen LogP contribution in [0.1, 0.15) is 19.8 Å². The average Bonchev–Trinajstić information content (AvgIpc) is 2.87. The van der Waals surface area contributed by atoms with Crippen LogP contribution >= 0.6 is 12.2 Å². The predicted molar refractivity (Wildman–Crippen MR) is 89.4 cm³/mol. The lowest BCUT2D eigenvalue weighted by Gasteiger charge is -2.25. The summed E-state index contributed by atoms with van der Waals surface area (Å²) in [6.07, 6.45) is 2.11. The monoisotopic (exact) mass is 324 g/mol. The van der Waals surface area contributed by atoms with Crippen molar-refractivity contribution in [2.45, 2.75) is 31.8 Å². The van der Waals surface area contributed by atoms with E-state index in [1.54, 1.807) is 0 Å². The summed E-state index contributed by atoms with van der Waals surface area (Å²) in [5.41, 5.74) is 0.994. The molecular formula is C15H20N2O2S2.